The van der Waals surface area contributed by atoms with Crippen molar-refractivity contribution in [2.24, 2.45) is 0 Å². The van der Waals surface area contributed by atoms with E-state index in [1.807, 2.05) is 13.8 Å². The van der Waals surface area contributed by atoms with E-state index >= 15 is 0 Å². The van der Waals surface area contributed by atoms with Crippen molar-refractivity contribution >= 4 is 0 Å². The SMILES string of the molecule is CC(O)COC(C)COC(C)COC(C)CO.COCCOCCO. The van der Waals surface area contributed by atoms with Crippen LogP contribution in [-0.2, 0) is 23.7 Å². The molecule has 8 heteroatoms. The van der Waals surface area contributed by atoms with Gasteiger partial charge in [0.1, 0.15) is 0 Å². The molecule has 0 radical (unpaired) electrons. The summed E-state index contributed by atoms with van der Waals surface area (Å²) in [7, 11) is 1.61. The van der Waals surface area contributed by atoms with E-state index in [1.54, 1.807) is 21.0 Å². The van der Waals surface area contributed by atoms with E-state index in [0.29, 0.717) is 39.6 Å². The number of methoxy groups -OCH3 is 1. The maximum absolute atomic E-state index is 9.04. The van der Waals surface area contributed by atoms with E-state index in [2.05, 4.69) is 4.74 Å². The molecule has 0 saturated heterocycles. The maximum Gasteiger partial charge on any atom is 0.0781 e. The third kappa shape index (κ3) is 23.7. The highest BCUT2D eigenvalue weighted by Crippen LogP contribution is 2.00. The van der Waals surface area contributed by atoms with Gasteiger partial charge in [0.15, 0.2) is 0 Å². The molecule has 4 atom stereocenters. The Labute approximate surface area is 152 Å². The summed E-state index contributed by atoms with van der Waals surface area (Å²) in [5, 5.41) is 26.0. The van der Waals surface area contributed by atoms with Gasteiger partial charge in [0.2, 0.25) is 0 Å². The molecule has 0 aromatic rings. The summed E-state index contributed by atoms with van der Waals surface area (Å²) >= 11 is 0. The van der Waals surface area contributed by atoms with Gasteiger partial charge in [0.05, 0.1) is 77.3 Å². The van der Waals surface area contributed by atoms with Gasteiger partial charge >= 0.3 is 0 Å². The lowest BCUT2D eigenvalue weighted by Crippen LogP contribution is -2.27. The summed E-state index contributed by atoms with van der Waals surface area (Å²) in [5.41, 5.74) is 0. The molecule has 0 spiro atoms. The van der Waals surface area contributed by atoms with Crippen LogP contribution in [0, 0.1) is 0 Å². The summed E-state index contributed by atoms with van der Waals surface area (Å²) in [6.07, 6.45) is -0.711. The molecule has 154 valence electrons. The fourth-order valence-electron chi connectivity index (χ4n) is 1.36. The Hall–Kier alpha value is -0.320. The molecule has 0 aliphatic heterocycles. The summed E-state index contributed by atoms with van der Waals surface area (Å²) in [6, 6.07) is 0. The van der Waals surface area contributed by atoms with Crippen LogP contribution in [0.5, 0.6) is 0 Å². The van der Waals surface area contributed by atoms with Crippen LogP contribution in [0.1, 0.15) is 27.7 Å². The first-order valence-electron chi connectivity index (χ1n) is 8.68. The Morgan fingerprint density at radius 2 is 1.24 bits per heavy atom. The van der Waals surface area contributed by atoms with Crippen molar-refractivity contribution < 1.29 is 39.0 Å². The number of aliphatic hydroxyl groups is 3. The van der Waals surface area contributed by atoms with E-state index in [0.717, 1.165) is 0 Å². The highest BCUT2D eigenvalue weighted by Gasteiger charge is 2.09. The normalized spacial score (nSPS) is 15.8. The predicted octanol–water partition coefficient (Wildman–Crippen LogP) is 0.217. The molecule has 0 aromatic heterocycles. The largest absolute Gasteiger partial charge is 0.394 e. The summed E-state index contributed by atoms with van der Waals surface area (Å²) in [4.78, 5) is 0. The zero-order valence-corrected chi connectivity index (χ0v) is 16.3. The highest BCUT2D eigenvalue weighted by molar-refractivity contribution is 4.55. The Morgan fingerprint density at radius 1 is 0.720 bits per heavy atom. The highest BCUT2D eigenvalue weighted by atomic mass is 16.6. The van der Waals surface area contributed by atoms with Crippen LogP contribution in [-0.4, -0.2) is 99.7 Å². The van der Waals surface area contributed by atoms with Gasteiger partial charge in [-0.3, -0.25) is 0 Å². The standard InChI is InChI=1S/C12H26O5.C5H12O3/c1-9(14)6-15-11(3)8-17-12(4)7-16-10(2)5-13;1-7-4-5-8-3-2-6/h9-14H,5-8H2,1-4H3;6H,2-5H2,1H3. The second kappa shape index (κ2) is 20.0. The second-order valence-corrected chi connectivity index (χ2v) is 5.79. The third-order valence-corrected chi connectivity index (χ3v) is 2.78. The molecule has 0 aromatic carbocycles. The average Bonchev–Trinajstić information content (AvgIpc) is 2.60. The number of rotatable bonds is 15. The van der Waals surface area contributed by atoms with Gasteiger partial charge in [-0.1, -0.05) is 0 Å². The fraction of sp³-hybridized carbons (Fsp3) is 1.00. The van der Waals surface area contributed by atoms with E-state index in [9.17, 15) is 0 Å². The minimum atomic E-state index is -0.455. The molecule has 3 N–H and O–H groups in total. The first-order valence-corrected chi connectivity index (χ1v) is 8.68. The van der Waals surface area contributed by atoms with Crippen molar-refractivity contribution in [3.8, 4) is 0 Å². The number of hydrogen-bond acceptors (Lipinski definition) is 8. The smallest absolute Gasteiger partial charge is 0.0781 e. The summed E-state index contributed by atoms with van der Waals surface area (Å²) in [6.45, 7) is 10.2. The maximum atomic E-state index is 9.04. The van der Waals surface area contributed by atoms with Crippen molar-refractivity contribution in [2.75, 3.05) is 60.0 Å². The van der Waals surface area contributed by atoms with E-state index in [-0.39, 0.29) is 31.5 Å². The summed E-state index contributed by atoms with van der Waals surface area (Å²) in [5.74, 6) is 0. The van der Waals surface area contributed by atoms with Crippen LogP contribution in [0.4, 0.5) is 0 Å². The Bertz CT molecular complexity index is 247. The molecule has 0 saturated carbocycles. The van der Waals surface area contributed by atoms with Crippen molar-refractivity contribution in [1.29, 1.82) is 0 Å². The van der Waals surface area contributed by atoms with Gasteiger partial charge in [0.25, 0.3) is 0 Å². The molecule has 0 rings (SSSR count). The molecule has 8 nitrogen and oxygen atoms in total. The molecular formula is C17H38O8. The number of hydrogen-bond donors (Lipinski definition) is 3. The van der Waals surface area contributed by atoms with Crippen molar-refractivity contribution in [3.05, 3.63) is 0 Å². The van der Waals surface area contributed by atoms with Gasteiger partial charge in [-0.05, 0) is 27.7 Å². The fourth-order valence-corrected chi connectivity index (χ4v) is 1.36. The van der Waals surface area contributed by atoms with Gasteiger partial charge in [-0.15, -0.1) is 0 Å². The lowest BCUT2D eigenvalue weighted by atomic mass is 10.3. The minimum absolute atomic E-state index is 0.0145. The lowest BCUT2D eigenvalue weighted by molar-refractivity contribution is -0.0825. The van der Waals surface area contributed by atoms with Crippen LogP contribution in [0.25, 0.3) is 0 Å². The molecule has 0 amide bonds. The zero-order chi connectivity index (χ0) is 19.5. The molecule has 0 bridgehead atoms. The topological polar surface area (TPSA) is 107 Å². The Balaban J connectivity index is 0. The molecule has 25 heavy (non-hydrogen) atoms. The minimum Gasteiger partial charge on any atom is -0.394 e. The first-order chi connectivity index (χ1) is 11.9. The van der Waals surface area contributed by atoms with E-state index in [4.69, 9.17) is 34.3 Å². The van der Waals surface area contributed by atoms with Crippen molar-refractivity contribution in [1.82, 2.24) is 0 Å². The van der Waals surface area contributed by atoms with Crippen molar-refractivity contribution in [2.45, 2.75) is 52.1 Å². The predicted molar refractivity (Wildman–Crippen MR) is 94.8 cm³/mol. The van der Waals surface area contributed by atoms with Crippen LogP contribution < -0.4 is 0 Å². The molecule has 0 aliphatic carbocycles. The van der Waals surface area contributed by atoms with Crippen molar-refractivity contribution in [3.63, 3.8) is 0 Å². The van der Waals surface area contributed by atoms with Crippen LogP contribution in [0.3, 0.4) is 0 Å². The monoisotopic (exact) mass is 370 g/mol. The molecule has 4 unspecified atom stereocenters. The zero-order valence-electron chi connectivity index (χ0n) is 16.3. The molecular weight excluding hydrogens is 332 g/mol. The Morgan fingerprint density at radius 3 is 1.68 bits per heavy atom. The van der Waals surface area contributed by atoms with Crippen LogP contribution >= 0.6 is 0 Å². The average molecular weight is 370 g/mol. The molecule has 0 heterocycles. The molecule has 0 fully saturated rings. The number of ether oxygens (including phenoxy) is 5. The van der Waals surface area contributed by atoms with Gasteiger partial charge < -0.3 is 39.0 Å². The van der Waals surface area contributed by atoms with E-state index in [1.165, 1.54) is 0 Å². The summed E-state index contributed by atoms with van der Waals surface area (Å²) < 4.78 is 25.7. The second-order valence-electron chi connectivity index (χ2n) is 5.79. The van der Waals surface area contributed by atoms with Gasteiger partial charge in [-0.25, -0.2) is 0 Å². The molecule has 0 aliphatic rings. The lowest BCUT2D eigenvalue weighted by Gasteiger charge is -2.19. The first kappa shape index (κ1) is 26.9. The quantitative estimate of drug-likeness (QED) is 0.351. The van der Waals surface area contributed by atoms with E-state index < -0.39 is 6.10 Å². The van der Waals surface area contributed by atoms with Crippen LogP contribution in [0.2, 0.25) is 0 Å². The third-order valence-electron chi connectivity index (χ3n) is 2.78. The number of aliphatic hydroxyl groups excluding tert-OH is 3. The van der Waals surface area contributed by atoms with Crippen LogP contribution in [0.15, 0.2) is 0 Å². The van der Waals surface area contributed by atoms with Gasteiger partial charge in [-0.2, -0.15) is 0 Å². The Kier molecular flexibility index (Phi) is 21.5. The van der Waals surface area contributed by atoms with Gasteiger partial charge in [0, 0.05) is 7.11 Å².